The van der Waals surface area contributed by atoms with Gasteiger partial charge in [0.05, 0.1) is 11.9 Å². The number of oxazole rings is 1. The number of benzene rings is 1. The molecular formula is C18H18N8O. The van der Waals surface area contributed by atoms with Gasteiger partial charge in [0.1, 0.15) is 17.0 Å². The van der Waals surface area contributed by atoms with E-state index in [0.717, 1.165) is 5.56 Å². The van der Waals surface area contributed by atoms with Crippen molar-refractivity contribution < 1.29 is 4.42 Å². The summed E-state index contributed by atoms with van der Waals surface area (Å²) >= 11 is 0. The summed E-state index contributed by atoms with van der Waals surface area (Å²) in [4.78, 5) is 12.6. The summed E-state index contributed by atoms with van der Waals surface area (Å²) in [5.74, 6) is 3.08. The number of anilines is 3. The molecule has 0 bridgehead atoms. The van der Waals surface area contributed by atoms with Crippen LogP contribution >= 0.6 is 0 Å². The van der Waals surface area contributed by atoms with Gasteiger partial charge >= 0.3 is 0 Å². The predicted molar refractivity (Wildman–Crippen MR) is 104 cm³/mol. The van der Waals surface area contributed by atoms with E-state index < -0.39 is 5.41 Å². The molecule has 0 amide bonds. The molecule has 0 atom stereocenters. The topological polar surface area (TPSA) is 148 Å². The van der Waals surface area contributed by atoms with Crippen LogP contribution in [-0.4, -0.2) is 24.7 Å². The molecule has 0 aliphatic rings. The Kier molecular flexibility index (Phi) is 3.46. The molecule has 9 heteroatoms. The Morgan fingerprint density at radius 2 is 1.96 bits per heavy atom. The van der Waals surface area contributed by atoms with Gasteiger partial charge < -0.3 is 21.6 Å². The Labute approximate surface area is 154 Å². The Morgan fingerprint density at radius 1 is 1.19 bits per heavy atom. The van der Waals surface area contributed by atoms with Gasteiger partial charge in [-0.3, -0.25) is 0 Å². The SMILES string of the molecule is C#CC(C)(C)Cn1nc(-c2ccc3oc(N)nc3c2)c2c(N)nc(N)nc21. The van der Waals surface area contributed by atoms with Gasteiger partial charge in [0, 0.05) is 11.0 Å². The molecule has 0 aliphatic heterocycles. The van der Waals surface area contributed by atoms with Crippen molar-refractivity contribution in [3.8, 4) is 23.6 Å². The minimum atomic E-state index is -0.435. The predicted octanol–water partition coefficient (Wildman–Crippen LogP) is 2.04. The minimum Gasteiger partial charge on any atom is -0.424 e. The third-order valence-corrected chi connectivity index (χ3v) is 4.25. The zero-order valence-electron chi connectivity index (χ0n) is 14.9. The molecule has 0 spiro atoms. The first-order valence-electron chi connectivity index (χ1n) is 8.21. The van der Waals surface area contributed by atoms with E-state index in [1.165, 1.54) is 0 Å². The highest BCUT2D eigenvalue weighted by Gasteiger charge is 2.23. The second-order valence-corrected chi connectivity index (χ2v) is 6.93. The van der Waals surface area contributed by atoms with Crippen LogP contribution in [0.4, 0.5) is 17.8 Å². The number of nitrogens with zero attached hydrogens (tertiary/aromatic N) is 5. The molecule has 9 nitrogen and oxygen atoms in total. The molecule has 0 saturated carbocycles. The van der Waals surface area contributed by atoms with Crippen molar-refractivity contribution in [2.75, 3.05) is 17.2 Å². The Morgan fingerprint density at radius 3 is 2.70 bits per heavy atom. The van der Waals surface area contributed by atoms with E-state index in [1.807, 2.05) is 26.0 Å². The van der Waals surface area contributed by atoms with Gasteiger partial charge in [0.15, 0.2) is 11.2 Å². The molecule has 0 aliphatic carbocycles. The van der Waals surface area contributed by atoms with Gasteiger partial charge in [0.25, 0.3) is 6.01 Å². The molecule has 0 saturated heterocycles. The number of hydrogen-bond donors (Lipinski definition) is 3. The summed E-state index contributed by atoms with van der Waals surface area (Å²) in [6.45, 7) is 4.33. The van der Waals surface area contributed by atoms with Crippen LogP contribution < -0.4 is 17.2 Å². The largest absolute Gasteiger partial charge is 0.424 e. The van der Waals surface area contributed by atoms with E-state index in [0.29, 0.717) is 34.4 Å². The standard InChI is InChI=1S/C18H18N8O/c1-4-18(2,3)8-26-15-12(14(19)23-16(20)24-15)13(25-26)9-5-6-11-10(7-9)22-17(21)27-11/h1,5-7H,8H2,2-3H3,(H2,21,22)(H4,19,20,23,24). The Balaban J connectivity index is 1.97. The lowest BCUT2D eigenvalue weighted by atomic mass is 9.95. The van der Waals surface area contributed by atoms with Crippen LogP contribution in [0.3, 0.4) is 0 Å². The van der Waals surface area contributed by atoms with Crippen LogP contribution in [0.15, 0.2) is 22.6 Å². The van der Waals surface area contributed by atoms with Crippen molar-refractivity contribution in [1.82, 2.24) is 24.7 Å². The fourth-order valence-corrected chi connectivity index (χ4v) is 2.94. The van der Waals surface area contributed by atoms with Crippen LogP contribution in [-0.2, 0) is 6.54 Å². The second-order valence-electron chi connectivity index (χ2n) is 6.93. The quantitative estimate of drug-likeness (QED) is 0.469. The van der Waals surface area contributed by atoms with E-state index in [4.69, 9.17) is 33.1 Å². The highest BCUT2D eigenvalue weighted by atomic mass is 16.4. The Hall–Kier alpha value is -3.80. The molecule has 0 unspecified atom stereocenters. The van der Waals surface area contributed by atoms with Crippen LogP contribution in [0.25, 0.3) is 33.4 Å². The number of fused-ring (bicyclic) bond motifs is 2. The maximum Gasteiger partial charge on any atom is 0.292 e. The number of rotatable bonds is 3. The maximum absolute atomic E-state index is 6.14. The third kappa shape index (κ3) is 2.77. The first-order chi connectivity index (χ1) is 12.8. The van der Waals surface area contributed by atoms with Crippen LogP contribution in [0, 0.1) is 17.8 Å². The molecule has 3 aromatic heterocycles. The summed E-state index contributed by atoms with van der Waals surface area (Å²) in [5, 5.41) is 5.31. The molecule has 4 rings (SSSR count). The summed E-state index contributed by atoms with van der Waals surface area (Å²) in [7, 11) is 0. The number of nitrogen functional groups attached to an aromatic ring is 3. The van der Waals surface area contributed by atoms with Gasteiger partial charge in [-0.05, 0) is 32.0 Å². The minimum absolute atomic E-state index is 0.0749. The van der Waals surface area contributed by atoms with E-state index in [-0.39, 0.29) is 17.8 Å². The zero-order chi connectivity index (χ0) is 19.3. The molecule has 0 fully saturated rings. The molecule has 27 heavy (non-hydrogen) atoms. The van der Waals surface area contributed by atoms with Gasteiger partial charge in [-0.15, -0.1) is 6.42 Å². The average Bonchev–Trinajstić information content (AvgIpc) is 3.13. The zero-order valence-corrected chi connectivity index (χ0v) is 14.9. The number of terminal acetylenes is 1. The van der Waals surface area contributed by atoms with Gasteiger partial charge in [-0.2, -0.15) is 20.1 Å². The van der Waals surface area contributed by atoms with Gasteiger partial charge in [0.2, 0.25) is 5.95 Å². The maximum atomic E-state index is 6.14. The first kappa shape index (κ1) is 16.7. The highest BCUT2D eigenvalue weighted by molar-refractivity contribution is 6.00. The summed E-state index contributed by atoms with van der Waals surface area (Å²) in [5.41, 5.74) is 20.2. The summed E-state index contributed by atoms with van der Waals surface area (Å²) < 4.78 is 7.03. The normalized spacial score (nSPS) is 11.9. The molecule has 136 valence electrons. The van der Waals surface area contributed by atoms with Crippen molar-refractivity contribution in [2.24, 2.45) is 5.41 Å². The molecule has 4 aromatic rings. The first-order valence-corrected chi connectivity index (χ1v) is 8.21. The van der Waals surface area contributed by atoms with E-state index >= 15 is 0 Å². The fourth-order valence-electron chi connectivity index (χ4n) is 2.94. The lowest BCUT2D eigenvalue weighted by molar-refractivity contribution is 0.396. The van der Waals surface area contributed by atoms with Crippen LogP contribution in [0.5, 0.6) is 0 Å². The molecule has 0 radical (unpaired) electrons. The number of aromatic nitrogens is 5. The van der Waals surface area contributed by atoms with Gasteiger partial charge in [-0.25, -0.2) is 4.68 Å². The van der Waals surface area contributed by atoms with Crippen molar-refractivity contribution in [3.05, 3.63) is 18.2 Å². The fraction of sp³-hybridized carbons (Fsp3) is 0.222. The lowest BCUT2D eigenvalue weighted by Gasteiger charge is -2.17. The molecule has 3 heterocycles. The molecule has 1 aromatic carbocycles. The van der Waals surface area contributed by atoms with Crippen molar-refractivity contribution >= 4 is 39.9 Å². The average molecular weight is 362 g/mol. The lowest BCUT2D eigenvalue weighted by Crippen LogP contribution is -2.19. The van der Waals surface area contributed by atoms with Crippen molar-refractivity contribution in [1.29, 1.82) is 0 Å². The number of hydrogen-bond acceptors (Lipinski definition) is 8. The van der Waals surface area contributed by atoms with Gasteiger partial charge in [-0.1, -0.05) is 5.92 Å². The van der Waals surface area contributed by atoms with E-state index in [2.05, 4.69) is 20.9 Å². The van der Waals surface area contributed by atoms with Crippen molar-refractivity contribution in [3.63, 3.8) is 0 Å². The number of nitrogens with two attached hydrogens (primary N) is 3. The highest BCUT2D eigenvalue weighted by Crippen LogP contribution is 2.34. The summed E-state index contributed by atoms with van der Waals surface area (Å²) in [6, 6.07) is 5.55. The molecular weight excluding hydrogens is 344 g/mol. The monoisotopic (exact) mass is 362 g/mol. The smallest absolute Gasteiger partial charge is 0.292 e. The summed E-state index contributed by atoms with van der Waals surface area (Å²) in [6.07, 6.45) is 5.64. The third-order valence-electron chi connectivity index (χ3n) is 4.25. The molecule has 6 N–H and O–H groups in total. The van der Waals surface area contributed by atoms with Crippen LogP contribution in [0.1, 0.15) is 13.8 Å². The van der Waals surface area contributed by atoms with Crippen LogP contribution in [0.2, 0.25) is 0 Å². The Bertz CT molecular complexity index is 1230. The van der Waals surface area contributed by atoms with Crippen molar-refractivity contribution in [2.45, 2.75) is 20.4 Å². The second kappa shape index (κ2) is 5.60. The van der Waals surface area contributed by atoms with E-state index in [9.17, 15) is 0 Å². The van der Waals surface area contributed by atoms with E-state index in [1.54, 1.807) is 10.7 Å².